The van der Waals surface area contributed by atoms with Crippen LogP contribution in [0.5, 0.6) is 0 Å². The molecule has 0 aliphatic carbocycles. The lowest BCUT2D eigenvalue weighted by Crippen LogP contribution is -2.33. The highest BCUT2D eigenvalue weighted by atomic mass is 79.9. The lowest BCUT2D eigenvalue weighted by molar-refractivity contribution is 0.0742. The average molecular weight is 491 g/mol. The van der Waals surface area contributed by atoms with E-state index in [-0.39, 0.29) is 11.8 Å². The largest absolute Gasteiger partial charge is 0.334 e. The molecule has 0 unspecified atom stereocenters. The molecule has 0 aliphatic heterocycles. The van der Waals surface area contributed by atoms with Crippen molar-refractivity contribution in [3.05, 3.63) is 99.5 Å². The molecule has 3 rings (SSSR count). The first kappa shape index (κ1) is 23.2. The van der Waals surface area contributed by atoms with Gasteiger partial charge in [-0.05, 0) is 76.9 Å². The third-order valence-corrected chi connectivity index (χ3v) is 5.62. The number of rotatable bonds is 8. The summed E-state index contributed by atoms with van der Waals surface area (Å²) in [6.45, 7) is 1.24. The minimum Gasteiger partial charge on any atom is -0.334 e. The minimum absolute atomic E-state index is 0.158. The smallest absolute Gasteiger partial charge is 0.256 e. The molecule has 0 bridgehead atoms. The Hall–Kier alpha value is -3.47. The summed E-state index contributed by atoms with van der Waals surface area (Å²) in [5.74, 6) is -0.397. The number of carbonyl (C=O) groups excluding carboxylic acids is 2. The summed E-state index contributed by atoms with van der Waals surface area (Å²) in [6.07, 6.45) is 0.646. The molecule has 3 aromatic carbocycles. The van der Waals surface area contributed by atoms with Gasteiger partial charge in [-0.1, -0.05) is 30.3 Å². The molecule has 32 heavy (non-hydrogen) atoms. The van der Waals surface area contributed by atoms with Gasteiger partial charge in [0.1, 0.15) is 0 Å². The Morgan fingerprint density at radius 1 is 1.00 bits per heavy atom. The number of hydrogen-bond donors (Lipinski definition) is 2. The van der Waals surface area contributed by atoms with Crippen LogP contribution in [0.1, 0.15) is 38.3 Å². The maximum absolute atomic E-state index is 13.2. The second-order valence-corrected chi connectivity index (χ2v) is 8.00. The average Bonchev–Trinajstić information content (AvgIpc) is 2.82. The van der Waals surface area contributed by atoms with Gasteiger partial charge >= 0.3 is 0 Å². The van der Waals surface area contributed by atoms with Crippen LogP contribution in [0.4, 0.5) is 5.69 Å². The van der Waals surface area contributed by atoms with Crippen LogP contribution in [0.3, 0.4) is 0 Å². The van der Waals surface area contributed by atoms with Gasteiger partial charge in [0.25, 0.3) is 11.8 Å². The van der Waals surface area contributed by atoms with Gasteiger partial charge in [0, 0.05) is 28.8 Å². The fourth-order valence-electron chi connectivity index (χ4n) is 3.23. The molecule has 162 valence electrons. The van der Waals surface area contributed by atoms with Gasteiger partial charge in [-0.25, -0.2) is 0 Å². The van der Waals surface area contributed by atoms with Gasteiger partial charge in [-0.3, -0.25) is 9.59 Å². The molecule has 0 spiro atoms. The predicted molar refractivity (Wildman–Crippen MR) is 128 cm³/mol. The van der Waals surface area contributed by atoms with Gasteiger partial charge in [0.15, 0.2) is 0 Å². The molecule has 0 heterocycles. The normalized spacial score (nSPS) is 10.3. The van der Waals surface area contributed by atoms with Gasteiger partial charge in [0.2, 0.25) is 0 Å². The summed E-state index contributed by atoms with van der Waals surface area (Å²) in [4.78, 5) is 27.7. The number of carbonyl (C=O) groups is 2. The lowest BCUT2D eigenvalue weighted by Gasteiger charge is -2.24. The number of amides is 2. The number of nitrogens with one attached hydrogen (secondary N) is 1. The summed E-state index contributed by atoms with van der Waals surface area (Å²) in [5, 5.41) is 11.9. The van der Waals surface area contributed by atoms with Crippen LogP contribution in [0, 0.1) is 11.3 Å². The van der Waals surface area contributed by atoms with Crippen molar-refractivity contribution in [2.24, 2.45) is 5.73 Å². The lowest BCUT2D eigenvalue weighted by atomic mass is 10.1. The van der Waals surface area contributed by atoms with E-state index in [9.17, 15) is 9.59 Å². The van der Waals surface area contributed by atoms with E-state index in [1.54, 1.807) is 41.3 Å². The summed E-state index contributed by atoms with van der Waals surface area (Å²) in [5.41, 5.74) is 8.65. The standard InChI is InChI=1S/C25H23BrN4O2/c26-22-8-3-2-7-21(22)24(31)29-23-9-4-1-6-20(23)17-30(15-5-14-27)25(32)19-12-10-18(16-28)11-13-19/h1-4,6-13H,5,14-15,17,27H2,(H,29,31). The molecule has 6 nitrogen and oxygen atoms in total. The Balaban J connectivity index is 1.83. The number of hydrogen-bond acceptors (Lipinski definition) is 4. The van der Waals surface area contributed by atoms with E-state index in [1.807, 2.05) is 36.4 Å². The summed E-state index contributed by atoms with van der Waals surface area (Å²) < 4.78 is 0.704. The first-order valence-electron chi connectivity index (χ1n) is 10.2. The minimum atomic E-state index is -0.239. The molecule has 2 amide bonds. The number of anilines is 1. The van der Waals surface area contributed by atoms with Crippen molar-refractivity contribution in [1.29, 1.82) is 5.26 Å². The zero-order valence-electron chi connectivity index (χ0n) is 17.4. The Labute approximate surface area is 195 Å². The molecule has 0 radical (unpaired) electrons. The van der Waals surface area contributed by atoms with Crippen molar-refractivity contribution in [1.82, 2.24) is 4.90 Å². The molecule has 0 aromatic heterocycles. The Bertz CT molecular complexity index is 1140. The number of nitrogens with two attached hydrogens (primary N) is 1. The number of nitriles is 1. The SMILES string of the molecule is N#Cc1ccc(C(=O)N(CCCN)Cc2ccccc2NC(=O)c2ccccc2Br)cc1. The van der Waals surface area contributed by atoms with Crippen molar-refractivity contribution in [2.75, 3.05) is 18.4 Å². The summed E-state index contributed by atoms with van der Waals surface area (Å²) in [7, 11) is 0. The van der Waals surface area contributed by atoms with Crippen LogP contribution in [-0.2, 0) is 6.54 Å². The van der Waals surface area contributed by atoms with Crippen molar-refractivity contribution >= 4 is 33.4 Å². The summed E-state index contributed by atoms with van der Waals surface area (Å²) in [6, 6.07) is 23.2. The molecule has 0 aliphatic rings. The van der Waals surface area contributed by atoms with E-state index in [2.05, 4.69) is 27.3 Å². The Morgan fingerprint density at radius 2 is 1.69 bits per heavy atom. The molecule has 3 N–H and O–H groups in total. The third-order valence-electron chi connectivity index (χ3n) is 4.93. The Kier molecular flexibility index (Phi) is 8.14. The second kappa shape index (κ2) is 11.2. The van der Waals surface area contributed by atoms with Crippen molar-refractivity contribution < 1.29 is 9.59 Å². The molecular formula is C25H23BrN4O2. The predicted octanol–water partition coefficient (Wildman–Crippen LogP) is 4.56. The number of benzene rings is 3. The van der Waals surface area contributed by atoms with E-state index < -0.39 is 0 Å². The zero-order valence-corrected chi connectivity index (χ0v) is 19.0. The monoisotopic (exact) mass is 490 g/mol. The maximum atomic E-state index is 13.2. The molecule has 3 aromatic rings. The van der Waals surface area contributed by atoms with Crippen LogP contribution in [0.15, 0.2) is 77.3 Å². The molecule has 0 saturated heterocycles. The van der Waals surface area contributed by atoms with Crippen LogP contribution in [0.25, 0.3) is 0 Å². The second-order valence-electron chi connectivity index (χ2n) is 7.15. The molecular weight excluding hydrogens is 468 g/mol. The van der Waals surface area contributed by atoms with Gasteiger partial charge < -0.3 is 16.0 Å². The van der Waals surface area contributed by atoms with Crippen LogP contribution >= 0.6 is 15.9 Å². The quantitative estimate of drug-likeness (QED) is 0.483. The number of nitrogens with zero attached hydrogens (tertiary/aromatic N) is 2. The van der Waals surface area contributed by atoms with Gasteiger partial charge in [-0.2, -0.15) is 5.26 Å². The van der Waals surface area contributed by atoms with Crippen LogP contribution < -0.4 is 11.1 Å². The fraction of sp³-hybridized carbons (Fsp3) is 0.160. The van der Waals surface area contributed by atoms with E-state index in [0.717, 1.165) is 5.56 Å². The summed E-state index contributed by atoms with van der Waals surface area (Å²) >= 11 is 3.41. The van der Waals surface area contributed by atoms with Crippen LogP contribution in [0.2, 0.25) is 0 Å². The van der Waals surface area contributed by atoms with E-state index in [4.69, 9.17) is 11.0 Å². The van der Waals surface area contributed by atoms with Crippen molar-refractivity contribution in [3.63, 3.8) is 0 Å². The van der Waals surface area contributed by atoms with E-state index in [0.29, 0.717) is 52.9 Å². The van der Waals surface area contributed by atoms with Gasteiger partial charge in [0.05, 0.1) is 17.2 Å². The van der Waals surface area contributed by atoms with Crippen molar-refractivity contribution in [3.8, 4) is 6.07 Å². The fourth-order valence-corrected chi connectivity index (χ4v) is 3.69. The van der Waals surface area contributed by atoms with Crippen molar-refractivity contribution in [2.45, 2.75) is 13.0 Å². The van der Waals surface area contributed by atoms with Crippen LogP contribution in [-0.4, -0.2) is 29.8 Å². The first-order valence-corrected chi connectivity index (χ1v) is 11.0. The highest BCUT2D eigenvalue weighted by Gasteiger charge is 2.18. The molecule has 0 fully saturated rings. The van der Waals surface area contributed by atoms with Gasteiger partial charge in [-0.15, -0.1) is 0 Å². The molecule has 0 saturated carbocycles. The highest BCUT2D eigenvalue weighted by molar-refractivity contribution is 9.10. The van der Waals surface area contributed by atoms with E-state index >= 15 is 0 Å². The molecule has 7 heteroatoms. The molecule has 0 atom stereocenters. The van der Waals surface area contributed by atoms with E-state index in [1.165, 1.54) is 0 Å². The first-order chi connectivity index (χ1) is 15.5. The number of para-hydroxylation sites is 1. The maximum Gasteiger partial charge on any atom is 0.256 e. The highest BCUT2D eigenvalue weighted by Crippen LogP contribution is 2.22. The Morgan fingerprint density at radius 3 is 2.38 bits per heavy atom. The number of halogens is 1. The topological polar surface area (TPSA) is 99.2 Å². The zero-order chi connectivity index (χ0) is 22.9. The third kappa shape index (κ3) is 5.82.